The maximum atomic E-state index is 13.1. The minimum absolute atomic E-state index is 0.0223. The van der Waals surface area contributed by atoms with Crippen LogP contribution in [0.25, 0.3) is 5.76 Å². The number of ether oxygens (including phenoxy) is 3. The number of Topliss-reactive ketones (excluding diaryl/α,β-unsaturated/α-hetero) is 1. The highest BCUT2D eigenvalue weighted by Crippen LogP contribution is 2.42. The Balaban J connectivity index is 1.83. The van der Waals surface area contributed by atoms with Crippen LogP contribution in [0, 0.1) is 0 Å². The Hall–Kier alpha value is -3.52. The second-order valence-corrected chi connectivity index (χ2v) is 7.75. The minimum atomic E-state index is -0.851. The van der Waals surface area contributed by atoms with Gasteiger partial charge in [0, 0.05) is 18.7 Å². The first kappa shape index (κ1) is 21.7. The topological polar surface area (TPSA) is 106 Å². The number of ketones is 1. The van der Waals surface area contributed by atoms with Crippen molar-refractivity contribution in [1.29, 1.82) is 0 Å². The summed E-state index contributed by atoms with van der Waals surface area (Å²) in [6.07, 6.45) is 1.49. The van der Waals surface area contributed by atoms with E-state index in [1.165, 1.54) is 25.2 Å². The van der Waals surface area contributed by atoms with Crippen molar-refractivity contribution in [2.75, 3.05) is 27.4 Å². The summed E-state index contributed by atoms with van der Waals surface area (Å²) in [4.78, 5) is 27.5. The standard InChI is InChI=1S/C24H25NO7/c1-30-16-8-5-14(6-9-16)22(27)20-21(15-7-10-18(26)19(12-15)31-2)25(24(29)23(20)28)13-17-4-3-11-32-17/h5-10,12,17,21,26-27H,3-4,11,13H2,1-2H3/b22-20+. The molecule has 8 heteroatoms. The van der Waals surface area contributed by atoms with Crippen LogP contribution in [0.2, 0.25) is 0 Å². The van der Waals surface area contributed by atoms with Gasteiger partial charge in [-0.05, 0) is 54.8 Å². The van der Waals surface area contributed by atoms with Gasteiger partial charge >= 0.3 is 0 Å². The number of methoxy groups -OCH3 is 2. The average Bonchev–Trinajstić information content (AvgIpc) is 3.41. The van der Waals surface area contributed by atoms with Crippen molar-refractivity contribution in [2.24, 2.45) is 0 Å². The van der Waals surface area contributed by atoms with Crippen LogP contribution in [0.5, 0.6) is 17.2 Å². The second-order valence-electron chi connectivity index (χ2n) is 7.75. The minimum Gasteiger partial charge on any atom is -0.507 e. The molecule has 0 aliphatic carbocycles. The molecule has 2 aromatic rings. The van der Waals surface area contributed by atoms with Gasteiger partial charge < -0.3 is 29.3 Å². The van der Waals surface area contributed by atoms with Crippen molar-refractivity contribution < 1.29 is 34.0 Å². The van der Waals surface area contributed by atoms with Crippen LogP contribution >= 0.6 is 0 Å². The van der Waals surface area contributed by atoms with E-state index in [2.05, 4.69) is 0 Å². The molecule has 0 bridgehead atoms. The summed E-state index contributed by atoms with van der Waals surface area (Å²) >= 11 is 0. The SMILES string of the molecule is COc1ccc(/C(O)=C2\C(=O)C(=O)N(CC3CCCO3)C2c2ccc(O)c(OC)c2)cc1. The number of aromatic hydroxyl groups is 1. The lowest BCUT2D eigenvalue weighted by Gasteiger charge is -2.27. The molecule has 1 amide bonds. The fraction of sp³-hybridized carbons (Fsp3) is 0.333. The molecule has 0 radical (unpaired) electrons. The van der Waals surface area contributed by atoms with E-state index in [9.17, 15) is 19.8 Å². The van der Waals surface area contributed by atoms with Gasteiger partial charge in [0.15, 0.2) is 11.5 Å². The molecule has 0 spiro atoms. The van der Waals surface area contributed by atoms with Crippen molar-refractivity contribution in [1.82, 2.24) is 4.90 Å². The fourth-order valence-electron chi connectivity index (χ4n) is 4.19. The van der Waals surface area contributed by atoms with E-state index in [1.54, 1.807) is 36.4 Å². The Bertz CT molecular complexity index is 1050. The van der Waals surface area contributed by atoms with Crippen LogP contribution in [-0.4, -0.2) is 60.3 Å². The number of aliphatic hydroxyl groups excluding tert-OH is 1. The molecule has 2 N–H and O–H groups in total. The summed E-state index contributed by atoms with van der Waals surface area (Å²) in [7, 11) is 2.95. The molecule has 2 atom stereocenters. The quantitative estimate of drug-likeness (QED) is 0.405. The van der Waals surface area contributed by atoms with Gasteiger partial charge in [-0.25, -0.2) is 0 Å². The van der Waals surface area contributed by atoms with Gasteiger partial charge in [0.25, 0.3) is 11.7 Å². The fourth-order valence-corrected chi connectivity index (χ4v) is 4.19. The first-order valence-electron chi connectivity index (χ1n) is 10.4. The largest absolute Gasteiger partial charge is 0.507 e. The van der Waals surface area contributed by atoms with Crippen molar-refractivity contribution >= 4 is 17.4 Å². The number of hydrogen-bond donors (Lipinski definition) is 2. The predicted octanol–water partition coefficient (Wildman–Crippen LogP) is 3.01. The van der Waals surface area contributed by atoms with Crippen LogP contribution in [0.4, 0.5) is 0 Å². The highest BCUT2D eigenvalue weighted by atomic mass is 16.5. The molecule has 2 fully saturated rings. The van der Waals surface area contributed by atoms with Crippen LogP contribution in [-0.2, 0) is 14.3 Å². The third-order valence-corrected chi connectivity index (χ3v) is 5.85. The monoisotopic (exact) mass is 439 g/mol. The Morgan fingerprint density at radius 3 is 2.50 bits per heavy atom. The van der Waals surface area contributed by atoms with Crippen LogP contribution < -0.4 is 9.47 Å². The molecule has 2 heterocycles. The molecule has 0 saturated carbocycles. The van der Waals surface area contributed by atoms with Crippen molar-refractivity contribution in [3.05, 3.63) is 59.2 Å². The molecule has 32 heavy (non-hydrogen) atoms. The van der Waals surface area contributed by atoms with Gasteiger partial charge in [-0.1, -0.05) is 6.07 Å². The van der Waals surface area contributed by atoms with Crippen LogP contribution in [0.3, 0.4) is 0 Å². The Morgan fingerprint density at radius 1 is 1.12 bits per heavy atom. The number of hydrogen-bond acceptors (Lipinski definition) is 7. The lowest BCUT2D eigenvalue weighted by atomic mass is 9.94. The highest BCUT2D eigenvalue weighted by Gasteiger charge is 2.47. The molecule has 2 saturated heterocycles. The molecule has 8 nitrogen and oxygen atoms in total. The number of likely N-dealkylation sites (tertiary alicyclic amines) is 1. The molecule has 2 unspecified atom stereocenters. The van der Waals surface area contributed by atoms with E-state index in [0.717, 1.165) is 12.8 Å². The van der Waals surface area contributed by atoms with Gasteiger partial charge in [-0.3, -0.25) is 9.59 Å². The number of nitrogens with zero attached hydrogens (tertiary/aromatic N) is 1. The smallest absolute Gasteiger partial charge is 0.295 e. The van der Waals surface area contributed by atoms with E-state index < -0.39 is 17.7 Å². The molecular weight excluding hydrogens is 414 g/mol. The lowest BCUT2D eigenvalue weighted by molar-refractivity contribution is -0.140. The number of rotatable bonds is 6. The highest BCUT2D eigenvalue weighted by molar-refractivity contribution is 6.46. The normalized spacial score (nSPS) is 22.4. The van der Waals surface area contributed by atoms with Crippen LogP contribution in [0.1, 0.15) is 30.0 Å². The maximum absolute atomic E-state index is 13.1. The van der Waals surface area contributed by atoms with Crippen LogP contribution in [0.15, 0.2) is 48.0 Å². The Labute approximate surface area is 185 Å². The van der Waals surface area contributed by atoms with Crippen molar-refractivity contribution in [3.8, 4) is 17.2 Å². The van der Waals surface area contributed by atoms with Gasteiger partial charge in [0.2, 0.25) is 0 Å². The molecular formula is C24H25NO7. The third kappa shape index (κ3) is 3.89. The first-order chi connectivity index (χ1) is 15.4. The Kier molecular flexibility index (Phi) is 6.05. The molecule has 2 aromatic carbocycles. The number of phenolic OH excluding ortho intramolecular Hbond substituents is 1. The number of amides is 1. The first-order valence-corrected chi connectivity index (χ1v) is 10.4. The average molecular weight is 439 g/mol. The summed E-state index contributed by atoms with van der Waals surface area (Å²) in [5.74, 6) is -1.02. The number of aliphatic hydroxyl groups is 1. The molecule has 2 aliphatic heterocycles. The van der Waals surface area contributed by atoms with Gasteiger partial charge in [0.05, 0.1) is 31.9 Å². The number of phenols is 1. The van der Waals surface area contributed by atoms with E-state index in [0.29, 0.717) is 23.5 Å². The van der Waals surface area contributed by atoms with E-state index in [1.807, 2.05) is 0 Å². The molecule has 4 rings (SSSR count). The van der Waals surface area contributed by atoms with E-state index in [4.69, 9.17) is 14.2 Å². The summed E-state index contributed by atoms with van der Waals surface area (Å²) < 4.78 is 16.1. The third-order valence-electron chi connectivity index (χ3n) is 5.85. The number of carbonyl (C=O) groups excluding carboxylic acids is 2. The van der Waals surface area contributed by atoms with Crippen molar-refractivity contribution in [3.63, 3.8) is 0 Å². The number of benzene rings is 2. The van der Waals surface area contributed by atoms with Crippen molar-refractivity contribution in [2.45, 2.75) is 25.0 Å². The van der Waals surface area contributed by atoms with Gasteiger partial charge in [-0.2, -0.15) is 0 Å². The lowest BCUT2D eigenvalue weighted by Crippen LogP contribution is -2.36. The van der Waals surface area contributed by atoms with E-state index >= 15 is 0 Å². The zero-order valence-corrected chi connectivity index (χ0v) is 17.9. The van der Waals surface area contributed by atoms with E-state index in [-0.39, 0.29) is 35.5 Å². The summed E-state index contributed by atoms with van der Waals surface area (Å²) in [5.41, 5.74) is 0.898. The Morgan fingerprint density at radius 2 is 1.88 bits per heavy atom. The summed E-state index contributed by atoms with van der Waals surface area (Å²) in [6, 6.07) is 10.3. The summed E-state index contributed by atoms with van der Waals surface area (Å²) in [6.45, 7) is 0.829. The van der Waals surface area contributed by atoms with Gasteiger partial charge in [0.1, 0.15) is 11.5 Å². The summed E-state index contributed by atoms with van der Waals surface area (Å²) in [5, 5.41) is 21.1. The number of carbonyl (C=O) groups is 2. The zero-order chi connectivity index (χ0) is 22.8. The zero-order valence-electron chi connectivity index (χ0n) is 17.9. The van der Waals surface area contributed by atoms with Gasteiger partial charge in [-0.15, -0.1) is 0 Å². The molecule has 0 aromatic heterocycles. The second kappa shape index (κ2) is 8.92. The molecule has 2 aliphatic rings. The predicted molar refractivity (Wildman–Crippen MR) is 116 cm³/mol. The molecule has 168 valence electrons. The maximum Gasteiger partial charge on any atom is 0.295 e.